The predicted octanol–water partition coefficient (Wildman–Crippen LogP) is 3.24. The zero-order valence-electron chi connectivity index (χ0n) is 13.4. The molecule has 1 fully saturated rings. The van der Waals surface area contributed by atoms with Gasteiger partial charge in [-0.05, 0) is 49.2 Å². The SMILES string of the molecule is CC(C)CNCC1CCN(CC(C)(C)C(C)C)C1. The fourth-order valence-electron chi connectivity index (χ4n) is 2.56. The third kappa shape index (κ3) is 5.27. The molecule has 1 heterocycles. The van der Waals surface area contributed by atoms with Crippen LogP contribution < -0.4 is 5.32 Å². The lowest BCUT2D eigenvalue weighted by Gasteiger charge is -2.34. The van der Waals surface area contributed by atoms with Crippen molar-refractivity contribution in [3.63, 3.8) is 0 Å². The number of likely N-dealkylation sites (tertiary alicyclic amines) is 1. The van der Waals surface area contributed by atoms with Gasteiger partial charge in [-0.25, -0.2) is 0 Å². The van der Waals surface area contributed by atoms with E-state index >= 15 is 0 Å². The molecule has 18 heavy (non-hydrogen) atoms. The number of nitrogens with zero attached hydrogens (tertiary/aromatic N) is 1. The van der Waals surface area contributed by atoms with E-state index in [1.54, 1.807) is 0 Å². The maximum Gasteiger partial charge on any atom is 0.00353 e. The first-order chi connectivity index (χ1) is 8.31. The van der Waals surface area contributed by atoms with Gasteiger partial charge in [0.1, 0.15) is 0 Å². The smallest absolute Gasteiger partial charge is 0.00353 e. The molecule has 0 bridgehead atoms. The van der Waals surface area contributed by atoms with E-state index in [1.165, 1.54) is 32.6 Å². The maximum atomic E-state index is 3.61. The summed E-state index contributed by atoms with van der Waals surface area (Å²) in [4.78, 5) is 2.67. The van der Waals surface area contributed by atoms with Crippen LogP contribution in [0.3, 0.4) is 0 Å². The average Bonchev–Trinajstić information content (AvgIpc) is 2.64. The standard InChI is InChI=1S/C16H34N2/c1-13(2)9-17-10-15-7-8-18(11-15)12-16(5,6)14(3)4/h13-15,17H,7-12H2,1-6H3. The molecule has 2 nitrogen and oxygen atoms in total. The van der Waals surface area contributed by atoms with E-state index in [-0.39, 0.29) is 0 Å². The second-order valence-electron chi connectivity index (χ2n) is 7.59. The molecule has 1 unspecified atom stereocenters. The van der Waals surface area contributed by atoms with E-state index in [9.17, 15) is 0 Å². The lowest BCUT2D eigenvalue weighted by molar-refractivity contribution is 0.151. The zero-order valence-corrected chi connectivity index (χ0v) is 13.4. The van der Waals surface area contributed by atoms with Crippen molar-refractivity contribution in [1.82, 2.24) is 10.2 Å². The predicted molar refractivity (Wildman–Crippen MR) is 80.9 cm³/mol. The average molecular weight is 254 g/mol. The van der Waals surface area contributed by atoms with Gasteiger partial charge in [0.15, 0.2) is 0 Å². The Morgan fingerprint density at radius 1 is 1.22 bits per heavy atom. The molecule has 0 aromatic rings. The van der Waals surface area contributed by atoms with Gasteiger partial charge >= 0.3 is 0 Å². The van der Waals surface area contributed by atoms with Crippen molar-refractivity contribution in [2.45, 2.75) is 48.0 Å². The van der Waals surface area contributed by atoms with Crippen molar-refractivity contribution in [2.75, 3.05) is 32.7 Å². The Hall–Kier alpha value is -0.0800. The topological polar surface area (TPSA) is 15.3 Å². The van der Waals surface area contributed by atoms with Crippen LogP contribution >= 0.6 is 0 Å². The van der Waals surface area contributed by atoms with E-state index in [1.807, 2.05) is 0 Å². The van der Waals surface area contributed by atoms with Gasteiger partial charge in [-0.15, -0.1) is 0 Å². The van der Waals surface area contributed by atoms with E-state index in [0.29, 0.717) is 5.41 Å². The molecule has 0 saturated carbocycles. The van der Waals surface area contributed by atoms with Crippen molar-refractivity contribution in [2.24, 2.45) is 23.2 Å². The van der Waals surface area contributed by atoms with Crippen LogP contribution in [0.15, 0.2) is 0 Å². The highest BCUT2D eigenvalue weighted by atomic mass is 15.2. The molecule has 1 aliphatic rings. The van der Waals surface area contributed by atoms with E-state index in [2.05, 4.69) is 51.8 Å². The number of rotatable bonds is 7. The van der Waals surface area contributed by atoms with Crippen molar-refractivity contribution in [3.05, 3.63) is 0 Å². The normalized spacial score (nSPS) is 22.3. The fourth-order valence-corrected chi connectivity index (χ4v) is 2.56. The summed E-state index contributed by atoms with van der Waals surface area (Å²) in [6.07, 6.45) is 1.37. The molecule has 1 aliphatic heterocycles. The summed E-state index contributed by atoms with van der Waals surface area (Å²) in [7, 11) is 0. The molecule has 0 aromatic carbocycles. The van der Waals surface area contributed by atoms with Crippen LogP contribution in [0.4, 0.5) is 0 Å². The number of hydrogen-bond acceptors (Lipinski definition) is 2. The molecule has 1 atom stereocenters. The first-order valence-electron chi connectivity index (χ1n) is 7.74. The second kappa shape index (κ2) is 6.91. The van der Waals surface area contributed by atoms with Gasteiger partial charge in [0, 0.05) is 13.1 Å². The van der Waals surface area contributed by atoms with Crippen LogP contribution in [-0.4, -0.2) is 37.6 Å². The Bertz CT molecular complexity index is 233. The van der Waals surface area contributed by atoms with E-state index in [0.717, 1.165) is 24.3 Å². The van der Waals surface area contributed by atoms with Crippen LogP contribution in [0.1, 0.15) is 48.0 Å². The van der Waals surface area contributed by atoms with Gasteiger partial charge in [0.25, 0.3) is 0 Å². The maximum absolute atomic E-state index is 3.61. The van der Waals surface area contributed by atoms with Crippen molar-refractivity contribution >= 4 is 0 Å². The van der Waals surface area contributed by atoms with Crippen LogP contribution in [0.2, 0.25) is 0 Å². The minimum absolute atomic E-state index is 0.445. The van der Waals surface area contributed by atoms with Gasteiger partial charge in [0.05, 0.1) is 0 Å². The zero-order chi connectivity index (χ0) is 13.8. The van der Waals surface area contributed by atoms with Gasteiger partial charge in [-0.2, -0.15) is 0 Å². The van der Waals surface area contributed by atoms with Crippen LogP contribution in [0.5, 0.6) is 0 Å². The minimum atomic E-state index is 0.445. The molecule has 0 amide bonds. The molecule has 1 N–H and O–H groups in total. The molecule has 0 radical (unpaired) electrons. The molecule has 0 spiro atoms. The fraction of sp³-hybridized carbons (Fsp3) is 1.00. The van der Waals surface area contributed by atoms with Crippen LogP contribution in [0.25, 0.3) is 0 Å². The monoisotopic (exact) mass is 254 g/mol. The molecular formula is C16H34N2. The second-order valence-corrected chi connectivity index (χ2v) is 7.59. The van der Waals surface area contributed by atoms with Gasteiger partial charge < -0.3 is 10.2 Å². The van der Waals surface area contributed by atoms with Crippen LogP contribution in [-0.2, 0) is 0 Å². The van der Waals surface area contributed by atoms with Crippen LogP contribution in [0, 0.1) is 23.2 Å². The summed E-state index contributed by atoms with van der Waals surface area (Å²) in [6, 6.07) is 0. The third-order valence-electron chi connectivity index (χ3n) is 4.55. The molecule has 0 aromatic heterocycles. The quantitative estimate of drug-likeness (QED) is 0.750. The highest BCUT2D eigenvalue weighted by Crippen LogP contribution is 2.29. The first kappa shape index (κ1) is 16.0. The Balaban J connectivity index is 2.25. The molecule has 0 aliphatic carbocycles. The Morgan fingerprint density at radius 3 is 2.44 bits per heavy atom. The highest BCUT2D eigenvalue weighted by molar-refractivity contribution is 4.83. The molecule has 1 rings (SSSR count). The van der Waals surface area contributed by atoms with Gasteiger partial charge in [-0.1, -0.05) is 41.5 Å². The first-order valence-corrected chi connectivity index (χ1v) is 7.74. The summed E-state index contributed by atoms with van der Waals surface area (Å²) in [6.45, 7) is 20.3. The molecule has 2 heteroatoms. The van der Waals surface area contributed by atoms with Gasteiger partial charge in [0.2, 0.25) is 0 Å². The number of nitrogens with one attached hydrogen (secondary N) is 1. The number of hydrogen-bond donors (Lipinski definition) is 1. The van der Waals surface area contributed by atoms with Gasteiger partial charge in [-0.3, -0.25) is 0 Å². The third-order valence-corrected chi connectivity index (χ3v) is 4.55. The summed E-state index contributed by atoms with van der Waals surface area (Å²) in [5.74, 6) is 2.39. The summed E-state index contributed by atoms with van der Waals surface area (Å²) >= 11 is 0. The van der Waals surface area contributed by atoms with E-state index < -0.39 is 0 Å². The molecule has 108 valence electrons. The molecule has 1 saturated heterocycles. The Kier molecular flexibility index (Phi) is 6.13. The van der Waals surface area contributed by atoms with Crippen molar-refractivity contribution < 1.29 is 0 Å². The van der Waals surface area contributed by atoms with E-state index in [4.69, 9.17) is 0 Å². The van der Waals surface area contributed by atoms with Crippen molar-refractivity contribution in [3.8, 4) is 0 Å². The highest BCUT2D eigenvalue weighted by Gasteiger charge is 2.29. The minimum Gasteiger partial charge on any atom is -0.316 e. The lowest BCUT2D eigenvalue weighted by atomic mass is 9.81. The summed E-state index contributed by atoms with van der Waals surface area (Å²) < 4.78 is 0. The van der Waals surface area contributed by atoms with Crippen molar-refractivity contribution in [1.29, 1.82) is 0 Å². The Labute approximate surface area is 115 Å². The Morgan fingerprint density at radius 2 is 1.89 bits per heavy atom. The largest absolute Gasteiger partial charge is 0.316 e. The summed E-state index contributed by atoms with van der Waals surface area (Å²) in [5.41, 5.74) is 0.445. The summed E-state index contributed by atoms with van der Waals surface area (Å²) in [5, 5.41) is 3.61. The molecular weight excluding hydrogens is 220 g/mol. The lowest BCUT2D eigenvalue weighted by Crippen LogP contribution is -2.36.